The Labute approximate surface area is 196 Å². The van der Waals surface area contributed by atoms with Crippen LogP contribution in [0.3, 0.4) is 0 Å². The second kappa shape index (κ2) is 9.54. The predicted molar refractivity (Wildman–Crippen MR) is 127 cm³/mol. The SMILES string of the molecule is CC(C)Oc1ccc(-c2noc(CSC3NC(=O)C4NCC(c5ccccc5)C4N3)n2)cc1. The third-order valence-corrected chi connectivity index (χ3v) is 6.80. The van der Waals surface area contributed by atoms with Gasteiger partial charge in [0.1, 0.15) is 17.3 Å². The maximum atomic E-state index is 12.7. The van der Waals surface area contributed by atoms with E-state index in [9.17, 15) is 4.79 Å². The van der Waals surface area contributed by atoms with E-state index >= 15 is 0 Å². The number of thioether (sulfide) groups is 1. The molecule has 3 heterocycles. The molecule has 0 saturated carbocycles. The van der Waals surface area contributed by atoms with Crippen molar-refractivity contribution in [3.05, 3.63) is 66.1 Å². The van der Waals surface area contributed by atoms with Crippen molar-refractivity contribution in [3.8, 4) is 17.1 Å². The molecule has 8 nitrogen and oxygen atoms in total. The van der Waals surface area contributed by atoms with E-state index in [1.165, 1.54) is 17.3 Å². The Morgan fingerprint density at radius 3 is 2.70 bits per heavy atom. The smallest absolute Gasteiger partial charge is 0.240 e. The number of aromatic nitrogens is 2. The fourth-order valence-electron chi connectivity index (χ4n) is 4.30. The molecule has 4 atom stereocenters. The number of ether oxygens (including phenoxy) is 1. The fraction of sp³-hybridized carbons (Fsp3) is 0.375. The third-order valence-electron chi connectivity index (χ3n) is 5.80. The van der Waals surface area contributed by atoms with Gasteiger partial charge in [-0.15, -0.1) is 11.8 Å². The lowest BCUT2D eigenvalue weighted by molar-refractivity contribution is -0.125. The number of fused-ring (bicyclic) bond motifs is 1. The summed E-state index contributed by atoms with van der Waals surface area (Å²) in [6.07, 6.45) is 0.122. The van der Waals surface area contributed by atoms with Crippen molar-refractivity contribution >= 4 is 17.7 Å². The largest absolute Gasteiger partial charge is 0.491 e. The highest BCUT2D eigenvalue weighted by Crippen LogP contribution is 2.30. The van der Waals surface area contributed by atoms with Gasteiger partial charge in [-0.05, 0) is 43.7 Å². The molecule has 1 aromatic heterocycles. The van der Waals surface area contributed by atoms with Crippen LogP contribution >= 0.6 is 11.8 Å². The Balaban J connectivity index is 1.20. The lowest BCUT2D eigenvalue weighted by Crippen LogP contribution is -2.64. The second-order valence-electron chi connectivity index (χ2n) is 8.50. The van der Waals surface area contributed by atoms with E-state index in [1.807, 2.05) is 56.3 Å². The second-order valence-corrected chi connectivity index (χ2v) is 9.59. The van der Waals surface area contributed by atoms with Crippen LogP contribution < -0.4 is 20.7 Å². The number of hydrogen-bond acceptors (Lipinski definition) is 8. The van der Waals surface area contributed by atoms with Crippen LogP contribution in [-0.2, 0) is 10.5 Å². The lowest BCUT2D eigenvalue weighted by atomic mass is 9.90. The zero-order chi connectivity index (χ0) is 22.8. The maximum Gasteiger partial charge on any atom is 0.240 e. The molecule has 1 amide bonds. The quantitative estimate of drug-likeness (QED) is 0.490. The van der Waals surface area contributed by atoms with Crippen molar-refractivity contribution in [2.24, 2.45) is 0 Å². The van der Waals surface area contributed by atoms with Crippen LogP contribution in [0.2, 0.25) is 0 Å². The first-order valence-corrected chi connectivity index (χ1v) is 12.2. The van der Waals surface area contributed by atoms with Crippen molar-refractivity contribution in [2.45, 2.75) is 49.2 Å². The summed E-state index contributed by atoms with van der Waals surface area (Å²) in [6.45, 7) is 4.75. The van der Waals surface area contributed by atoms with Gasteiger partial charge in [0, 0.05) is 24.1 Å². The number of hydrogen-bond donors (Lipinski definition) is 3. The third kappa shape index (κ3) is 4.90. The van der Waals surface area contributed by atoms with Gasteiger partial charge in [-0.25, -0.2) is 0 Å². The highest BCUT2D eigenvalue weighted by molar-refractivity contribution is 7.99. The normalized spacial score (nSPS) is 24.5. The number of carbonyl (C=O) groups excluding carboxylic acids is 1. The Hall–Kier alpha value is -2.88. The van der Waals surface area contributed by atoms with Gasteiger partial charge in [0.2, 0.25) is 17.6 Å². The van der Waals surface area contributed by atoms with Gasteiger partial charge in [0.05, 0.1) is 11.9 Å². The van der Waals surface area contributed by atoms with Crippen LogP contribution in [0, 0.1) is 0 Å². The van der Waals surface area contributed by atoms with Crippen LogP contribution in [0.4, 0.5) is 0 Å². The first-order valence-electron chi connectivity index (χ1n) is 11.1. The van der Waals surface area contributed by atoms with Gasteiger partial charge in [-0.2, -0.15) is 4.98 Å². The molecule has 2 aliphatic rings. The fourth-order valence-corrected chi connectivity index (χ4v) is 5.18. The van der Waals surface area contributed by atoms with Gasteiger partial charge in [0.25, 0.3) is 0 Å². The predicted octanol–water partition coefficient (Wildman–Crippen LogP) is 2.88. The van der Waals surface area contributed by atoms with E-state index in [4.69, 9.17) is 9.26 Å². The molecule has 0 spiro atoms. The van der Waals surface area contributed by atoms with Gasteiger partial charge in [0.15, 0.2) is 0 Å². The minimum atomic E-state index is -0.232. The highest BCUT2D eigenvalue weighted by atomic mass is 32.2. The molecule has 2 saturated heterocycles. The van der Waals surface area contributed by atoms with E-state index in [-0.39, 0.29) is 35.5 Å². The minimum Gasteiger partial charge on any atom is -0.491 e. The highest BCUT2D eigenvalue weighted by Gasteiger charge is 2.45. The zero-order valence-corrected chi connectivity index (χ0v) is 19.3. The molecule has 2 aromatic carbocycles. The average Bonchev–Trinajstić information content (AvgIpc) is 3.46. The van der Waals surface area contributed by atoms with Crippen LogP contribution in [0.5, 0.6) is 5.75 Å². The van der Waals surface area contributed by atoms with E-state index in [2.05, 4.69) is 38.2 Å². The van der Waals surface area contributed by atoms with E-state index in [0.29, 0.717) is 17.5 Å². The number of benzene rings is 2. The molecule has 172 valence electrons. The first kappa shape index (κ1) is 21.9. The number of nitrogens with one attached hydrogen (secondary N) is 3. The monoisotopic (exact) mass is 465 g/mol. The summed E-state index contributed by atoms with van der Waals surface area (Å²) in [4.78, 5) is 17.2. The number of amides is 1. The zero-order valence-electron chi connectivity index (χ0n) is 18.5. The number of nitrogens with zero attached hydrogens (tertiary/aromatic N) is 2. The standard InChI is InChI=1S/C24H27N5O3S/c1-14(2)31-17-10-8-16(9-11-17)22-26-19(32-29-22)13-33-24-27-20-18(15-6-4-3-5-7-15)12-25-21(20)23(30)28-24/h3-11,14,18,20-21,24-25,27H,12-13H2,1-2H3,(H,28,30). The van der Waals surface area contributed by atoms with Gasteiger partial charge < -0.3 is 19.9 Å². The van der Waals surface area contributed by atoms with Crippen LogP contribution in [0.1, 0.15) is 31.2 Å². The molecule has 5 rings (SSSR count). The van der Waals surface area contributed by atoms with Gasteiger partial charge in [-0.1, -0.05) is 35.5 Å². The van der Waals surface area contributed by atoms with Crippen molar-refractivity contribution in [2.75, 3.05) is 6.54 Å². The average molecular weight is 466 g/mol. The Morgan fingerprint density at radius 1 is 1.15 bits per heavy atom. The molecular formula is C24H27N5O3S. The number of carbonyl (C=O) groups is 1. The van der Waals surface area contributed by atoms with E-state index in [0.717, 1.165) is 17.9 Å². The maximum absolute atomic E-state index is 12.7. The molecule has 4 unspecified atom stereocenters. The first-order chi connectivity index (χ1) is 16.1. The Kier molecular flexibility index (Phi) is 6.34. The molecule has 9 heteroatoms. The van der Waals surface area contributed by atoms with Crippen molar-refractivity contribution < 1.29 is 14.1 Å². The Morgan fingerprint density at radius 2 is 1.94 bits per heavy atom. The summed E-state index contributed by atoms with van der Waals surface area (Å²) in [5.74, 6) is 2.60. The lowest BCUT2D eigenvalue weighted by Gasteiger charge is -2.35. The van der Waals surface area contributed by atoms with Crippen molar-refractivity contribution in [1.82, 2.24) is 26.1 Å². The molecule has 0 aliphatic carbocycles. The van der Waals surface area contributed by atoms with Crippen molar-refractivity contribution in [3.63, 3.8) is 0 Å². The number of rotatable bonds is 7. The molecule has 33 heavy (non-hydrogen) atoms. The van der Waals surface area contributed by atoms with Gasteiger partial charge >= 0.3 is 0 Å². The molecule has 3 aromatic rings. The summed E-state index contributed by atoms with van der Waals surface area (Å²) in [5, 5.41) is 14.1. The topological polar surface area (TPSA) is 101 Å². The summed E-state index contributed by atoms with van der Waals surface area (Å²) in [6, 6.07) is 17.8. The van der Waals surface area contributed by atoms with Crippen molar-refractivity contribution in [1.29, 1.82) is 0 Å². The van der Waals surface area contributed by atoms with Crippen LogP contribution in [0.25, 0.3) is 11.4 Å². The molecule has 0 radical (unpaired) electrons. The summed E-state index contributed by atoms with van der Waals surface area (Å²) < 4.78 is 11.1. The van der Waals surface area contributed by atoms with Gasteiger partial charge in [-0.3, -0.25) is 10.1 Å². The minimum absolute atomic E-state index is 0.0182. The molecule has 2 fully saturated rings. The summed E-state index contributed by atoms with van der Waals surface area (Å²) >= 11 is 1.53. The van der Waals surface area contributed by atoms with Crippen LogP contribution in [0.15, 0.2) is 59.1 Å². The molecule has 2 aliphatic heterocycles. The Bertz CT molecular complexity index is 1090. The molecule has 3 N–H and O–H groups in total. The molecule has 0 bridgehead atoms. The van der Waals surface area contributed by atoms with E-state index in [1.54, 1.807) is 0 Å². The summed E-state index contributed by atoms with van der Waals surface area (Å²) in [5.41, 5.74) is 1.86. The molecular weight excluding hydrogens is 438 g/mol. The van der Waals surface area contributed by atoms with E-state index < -0.39 is 0 Å². The summed E-state index contributed by atoms with van der Waals surface area (Å²) in [7, 11) is 0. The van der Waals surface area contributed by atoms with Crippen LogP contribution in [-0.4, -0.2) is 46.3 Å².